The SMILES string of the molecule is C=Cc1cc2c(N3CCC4(CC3)CNC4)nc(C3CCOCC3)nc2c(OCC(F)(F)F)c1-c1c(C)ccc2[nH]ncc12. The summed E-state index contributed by atoms with van der Waals surface area (Å²) < 4.78 is 52.7. The number of ether oxygens (including phenoxy) is 2. The largest absolute Gasteiger partial charge is 0.481 e. The van der Waals surface area contributed by atoms with Crippen LogP contribution in [-0.4, -0.2) is 72.3 Å². The Bertz CT molecular complexity index is 1680. The first-order valence-electron chi connectivity index (χ1n) is 14.9. The van der Waals surface area contributed by atoms with Crippen LogP contribution in [0, 0.1) is 12.3 Å². The van der Waals surface area contributed by atoms with Gasteiger partial charge in [0.05, 0.1) is 11.7 Å². The van der Waals surface area contributed by atoms with Gasteiger partial charge >= 0.3 is 6.18 Å². The van der Waals surface area contributed by atoms with E-state index >= 15 is 0 Å². The molecule has 0 unspecified atom stereocenters. The van der Waals surface area contributed by atoms with Crippen LogP contribution in [0.3, 0.4) is 0 Å². The Balaban J connectivity index is 1.49. The van der Waals surface area contributed by atoms with Gasteiger partial charge in [-0.3, -0.25) is 5.10 Å². The van der Waals surface area contributed by atoms with Gasteiger partial charge in [-0.25, -0.2) is 9.97 Å². The highest BCUT2D eigenvalue weighted by molar-refractivity contribution is 6.07. The Hall–Kier alpha value is -3.70. The van der Waals surface area contributed by atoms with E-state index in [-0.39, 0.29) is 11.7 Å². The van der Waals surface area contributed by atoms with E-state index in [1.165, 1.54) is 0 Å². The van der Waals surface area contributed by atoms with Gasteiger partial charge in [-0.05, 0) is 66.8 Å². The molecule has 3 fully saturated rings. The first-order chi connectivity index (χ1) is 20.8. The second-order valence-electron chi connectivity index (χ2n) is 12.1. The second-order valence-corrected chi connectivity index (χ2v) is 12.1. The van der Waals surface area contributed by atoms with Crippen molar-refractivity contribution in [1.29, 1.82) is 0 Å². The predicted molar refractivity (Wildman–Crippen MR) is 161 cm³/mol. The molecule has 1 spiro atoms. The number of nitrogens with one attached hydrogen (secondary N) is 2. The van der Waals surface area contributed by atoms with Gasteiger partial charge in [-0.15, -0.1) is 0 Å². The van der Waals surface area contributed by atoms with E-state index in [0.29, 0.717) is 46.5 Å². The third-order valence-electron chi connectivity index (χ3n) is 9.37. The molecular weight excluding hydrogens is 557 g/mol. The highest BCUT2D eigenvalue weighted by Gasteiger charge is 2.40. The lowest BCUT2D eigenvalue weighted by Gasteiger charge is -2.48. The minimum atomic E-state index is -4.54. The van der Waals surface area contributed by atoms with Gasteiger partial charge in [0, 0.05) is 61.6 Å². The molecule has 0 saturated carbocycles. The molecule has 0 amide bonds. The maximum Gasteiger partial charge on any atom is 0.422 e. The van der Waals surface area contributed by atoms with E-state index < -0.39 is 12.8 Å². The lowest BCUT2D eigenvalue weighted by Crippen LogP contribution is -2.58. The molecule has 3 aliphatic heterocycles. The first-order valence-corrected chi connectivity index (χ1v) is 14.9. The highest BCUT2D eigenvalue weighted by Crippen LogP contribution is 2.47. The normalized spacial score (nSPS) is 19.2. The number of halogens is 3. The molecule has 2 N–H and O–H groups in total. The summed E-state index contributed by atoms with van der Waals surface area (Å²) in [4.78, 5) is 12.4. The Kier molecular flexibility index (Phi) is 7.04. The van der Waals surface area contributed by atoms with Crippen molar-refractivity contribution in [2.75, 3.05) is 50.9 Å². The number of piperidine rings is 1. The number of nitrogens with zero attached hydrogens (tertiary/aromatic N) is 4. The molecule has 43 heavy (non-hydrogen) atoms. The molecule has 5 heterocycles. The monoisotopic (exact) mass is 592 g/mol. The summed E-state index contributed by atoms with van der Waals surface area (Å²) in [5, 5.41) is 12.1. The molecule has 0 atom stereocenters. The molecule has 8 nitrogen and oxygen atoms in total. The molecule has 226 valence electrons. The van der Waals surface area contributed by atoms with Crippen LogP contribution in [-0.2, 0) is 4.74 Å². The summed E-state index contributed by atoms with van der Waals surface area (Å²) in [7, 11) is 0. The summed E-state index contributed by atoms with van der Waals surface area (Å²) in [5.74, 6) is 1.51. The van der Waals surface area contributed by atoms with Crippen LogP contribution in [0.5, 0.6) is 5.75 Å². The number of H-pyrrole nitrogens is 1. The van der Waals surface area contributed by atoms with Crippen molar-refractivity contribution in [1.82, 2.24) is 25.5 Å². The zero-order valence-electron chi connectivity index (χ0n) is 24.2. The van der Waals surface area contributed by atoms with Crippen molar-refractivity contribution in [3.05, 3.63) is 47.9 Å². The fourth-order valence-electron chi connectivity index (χ4n) is 6.83. The fourth-order valence-corrected chi connectivity index (χ4v) is 6.83. The Morgan fingerprint density at radius 1 is 1.12 bits per heavy atom. The Morgan fingerprint density at radius 3 is 2.56 bits per heavy atom. The van der Waals surface area contributed by atoms with E-state index in [0.717, 1.165) is 79.7 Å². The quantitative estimate of drug-likeness (QED) is 0.278. The molecule has 11 heteroatoms. The van der Waals surface area contributed by atoms with Crippen LogP contribution < -0.4 is 15.0 Å². The zero-order chi connectivity index (χ0) is 29.8. The van der Waals surface area contributed by atoms with Crippen molar-refractivity contribution in [2.24, 2.45) is 5.41 Å². The summed E-state index contributed by atoms with van der Waals surface area (Å²) in [6.45, 7) is 9.44. The number of fused-ring (bicyclic) bond motifs is 2. The third kappa shape index (κ3) is 5.12. The smallest absolute Gasteiger partial charge is 0.422 e. The van der Waals surface area contributed by atoms with Crippen LogP contribution in [0.4, 0.5) is 19.0 Å². The minimum Gasteiger partial charge on any atom is -0.481 e. The van der Waals surface area contributed by atoms with Crippen LogP contribution >= 0.6 is 0 Å². The first kappa shape index (κ1) is 28.1. The summed E-state index contributed by atoms with van der Waals surface area (Å²) in [5.41, 5.74) is 4.29. The van der Waals surface area contributed by atoms with E-state index in [2.05, 4.69) is 27.0 Å². The van der Waals surface area contributed by atoms with Gasteiger partial charge in [0.15, 0.2) is 12.4 Å². The Morgan fingerprint density at radius 2 is 1.88 bits per heavy atom. The standard InChI is InChI=1S/C32H35F3N6O2/c1-3-20-14-22-27(28(43-18-32(33,34)35)26(20)25-19(2)4-5-24-23(25)15-37-40-24)38-29(21-6-12-42-13-7-21)39-30(22)41-10-8-31(9-11-41)16-36-17-31/h3-5,14-15,21,36H,1,6-13,16-18H2,2H3,(H,37,40). The van der Waals surface area contributed by atoms with Gasteiger partial charge in [0.25, 0.3) is 0 Å². The number of rotatable bonds is 6. The number of aromatic nitrogens is 4. The average Bonchev–Trinajstić information content (AvgIpc) is 3.47. The van der Waals surface area contributed by atoms with Crippen molar-refractivity contribution >= 4 is 33.7 Å². The van der Waals surface area contributed by atoms with Gasteiger partial charge in [-0.2, -0.15) is 18.3 Å². The molecule has 0 radical (unpaired) electrons. The van der Waals surface area contributed by atoms with Crippen LogP contribution in [0.15, 0.2) is 31.0 Å². The van der Waals surface area contributed by atoms with Crippen LogP contribution in [0.1, 0.15) is 48.6 Å². The van der Waals surface area contributed by atoms with E-state index in [9.17, 15) is 13.2 Å². The van der Waals surface area contributed by atoms with Gasteiger partial charge in [0.1, 0.15) is 17.2 Å². The summed E-state index contributed by atoms with van der Waals surface area (Å²) in [6.07, 6.45) is 2.40. The number of aryl methyl sites for hydroxylation is 1. The van der Waals surface area contributed by atoms with Gasteiger partial charge in [0.2, 0.25) is 0 Å². The number of alkyl halides is 3. The lowest BCUT2D eigenvalue weighted by atomic mass is 9.73. The van der Waals surface area contributed by atoms with Gasteiger partial charge in [-0.1, -0.05) is 18.7 Å². The fraction of sp³-hybridized carbons (Fsp3) is 0.469. The number of aromatic amines is 1. The van der Waals surface area contributed by atoms with Crippen LogP contribution in [0.2, 0.25) is 0 Å². The second kappa shape index (κ2) is 10.8. The van der Waals surface area contributed by atoms with Crippen LogP contribution in [0.25, 0.3) is 39.0 Å². The van der Waals surface area contributed by atoms with E-state index in [1.807, 2.05) is 25.1 Å². The van der Waals surface area contributed by atoms with Crippen molar-refractivity contribution in [3.63, 3.8) is 0 Å². The molecule has 2 aromatic heterocycles. The summed E-state index contributed by atoms with van der Waals surface area (Å²) in [6, 6.07) is 5.81. The molecular formula is C32H35F3N6O2. The third-order valence-corrected chi connectivity index (χ3v) is 9.37. The van der Waals surface area contributed by atoms with Gasteiger partial charge < -0.3 is 19.7 Å². The molecule has 0 bridgehead atoms. The Labute approximate surface area is 247 Å². The topological polar surface area (TPSA) is 88.2 Å². The molecule has 2 aromatic carbocycles. The van der Waals surface area contributed by atoms with Crippen molar-refractivity contribution in [3.8, 4) is 16.9 Å². The molecule has 7 rings (SSSR count). The summed E-state index contributed by atoms with van der Waals surface area (Å²) >= 11 is 0. The molecule has 3 saturated heterocycles. The zero-order valence-corrected chi connectivity index (χ0v) is 24.2. The lowest BCUT2D eigenvalue weighted by molar-refractivity contribution is -0.153. The number of hydrogen-bond acceptors (Lipinski definition) is 7. The van der Waals surface area contributed by atoms with Crippen molar-refractivity contribution in [2.45, 2.75) is 44.7 Å². The van der Waals surface area contributed by atoms with E-state index in [1.54, 1.807) is 12.3 Å². The maximum absolute atomic E-state index is 13.8. The molecule has 0 aliphatic carbocycles. The van der Waals surface area contributed by atoms with E-state index in [4.69, 9.17) is 19.4 Å². The highest BCUT2D eigenvalue weighted by atomic mass is 19.4. The number of benzene rings is 2. The predicted octanol–water partition coefficient (Wildman–Crippen LogP) is 6.15. The number of anilines is 1. The molecule has 4 aromatic rings. The minimum absolute atomic E-state index is 0.0425. The number of hydrogen-bond donors (Lipinski definition) is 2. The van der Waals surface area contributed by atoms with Crippen molar-refractivity contribution < 1.29 is 22.6 Å². The molecule has 3 aliphatic rings. The average molecular weight is 593 g/mol. The maximum atomic E-state index is 13.8.